The second-order valence-electron chi connectivity index (χ2n) is 5.05. The van der Waals surface area contributed by atoms with Gasteiger partial charge in [-0.05, 0) is 31.2 Å². The van der Waals surface area contributed by atoms with E-state index in [4.69, 9.17) is 0 Å². The molecule has 2 rings (SSSR count). The van der Waals surface area contributed by atoms with Gasteiger partial charge in [-0.15, -0.1) is 0 Å². The number of halogens is 4. The number of nitrogens with zero attached hydrogens (tertiary/aromatic N) is 2. The Kier molecular flexibility index (Phi) is 6.07. The maximum absolute atomic E-state index is 13.0. The van der Waals surface area contributed by atoms with Gasteiger partial charge in [0.1, 0.15) is 11.5 Å². The van der Waals surface area contributed by atoms with E-state index in [-0.39, 0.29) is 25.5 Å². The van der Waals surface area contributed by atoms with Gasteiger partial charge in [0.05, 0.1) is 18.0 Å². The minimum atomic E-state index is -4.93. The van der Waals surface area contributed by atoms with Gasteiger partial charge >= 0.3 is 12.1 Å². The summed E-state index contributed by atoms with van der Waals surface area (Å²) in [7, 11) is 0. The third-order valence-corrected chi connectivity index (χ3v) is 4.51. The van der Waals surface area contributed by atoms with Crippen LogP contribution in [0, 0.1) is 12.7 Å². The molecule has 0 aliphatic heterocycles. The zero-order chi connectivity index (χ0) is 18.6. The standard InChI is InChI=1S/C15H15F4N3O2S/c1-9-13(25-11-4-2-10(16)3-5-11)12(8-23)21-22(9)7-6-20-14(24)15(17,18)19/h2-5,23H,6-8H2,1H3,(H,20,24). The van der Waals surface area contributed by atoms with E-state index in [9.17, 15) is 27.5 Å². The number of hydrogen-bond donors (Lipinski definition) is 2. The van der Waals surface area contributed by atoms with E-state index in [1.165, 1.54) is 28.6 Å². The lowest BCUT2D eigenvalue weighted by atomic mass is 10.3. The molecule has 0 radical (unpaired) electrons. The van der Waals surface area contributed by atoms with Gasteiger partial charge in [-0.2, -0.15) is 18.3 Å². The van der Waals surface area contributed by atoms with Crippen LogP contribution in [0.3, 0.4) is 0 Å². The minimum Gasteiger partial charge on any atom is -0.390 e. The van der Waals surface area contributed by atoms with Gasteiger partial charge in [0.15, 0.2) is 0 Å². The zero-order valence-electron chi connectivity index (χ0n) is 13.1. The monoisotopic (exact) mass is 377 g/mol. The molecule has 1 aromatic carbocycles. The first-order chi connectivity index (χ1) is 11.7. The second kappa shape index (κ2) is 7.87. The molecule has 0 spiro atoms. The Morgan fingerprint density at radius 2 is 1.96 bits per heavy atom. The van der Waals surface area contributed by atoms with E-state index in [0.29, 0.717) is 16.3 Å². The lowest BCUT2D eigenvalue weighted by Gasteiger charge is -2.09. The van der Waals surface area contributed by atoms with Crippen molar-refractivity contribution in [2.75, 3.05) is 6.54 Å². The molecule has 0 unspecified atom stereocenters. The van der Waals surface area contributed by atoms with Gasteiger partial charge in [0.25, 0.3) is 0 Å². The van der Waals surface area contributed by atoms with Crippen LogP contribution in [-0.2, 0) is 17.9 Å². The van der Waals surface area contributed by atoms with Crippen LogP contribution in [0.15, 0.2) is 34.1 Å². The molecule has 1 heterocycles. The highest BCUT2D eigenvalue weighted by molar-refractivity contribution is 7.99. The quantitative estimate of drug-likeness (QED) is 0.760. The van der Waals surface area contributed by atoms with Crippen LogP contribution >= 0.6 is 11.8 Å². The largest absolute Gasteiger partial charge is 0.471 e. The number of aliphatic hydroxyl groups excluding tert-OH is 1. The fourth-order valence-electron chi connectivity index (χ4n) is 2.04. The molecule has 0 saturated heterocycles. The van der Waals surface area contributed by atoms with Crippen molar-refractivity contribution in [1.82, 2.24) is 15.1 Å². The molecule has 5 nitrogen and oxygen atoms in total. The number of benzene rings is 1. The highest BCUT2D eigenvalue weighted by Gasteiger charge is 2.38. The van der Waals surface area contributed by atoms with Gasteiger partial charge in [-0.1, -0.05) is 11.8 Å². The highest BCUT2D eigenvalue weighted by atomic mass is 32.2. The third-order valence-electron chi connectivity index (χ3n) is 3.27. The Bertz CT molecular complexity index is 744. The van der Waals surface area contributed by atoms with E-state index in [0.717, 1.165) is 4.90 Å². The summed E-state index contributed by atoms with van der Waals surface area (Å²) in [6, 6.07) is 5.74. The number of hydrogen-bond acceptors (Lipinski definition) is 4. The first-order valence-corrected chi connectivity index (χ1v) is 7.99. The van der Waals surface area contributed by atoms with Crippen LogP contribution in [0.4, 0.5) is 17.6 Å². The summed E-state index contributed by atoms with van der Waals surface area (Å²) in [5, 5.41) is 15.3. The Hall–Kier alpha value is -2.07. The number of alkyl halides is 3. The highest BCUT2D eigenvalue weighted by Crippen LogP contribution is 2.33. The Labute approximate surface area is 145 Å². The number of aromatic nitrogens is 2. The summed E-state index contributed by atoms with van der Waals surface area (Å²) >= 11 is 1.26. The molecule has 0 atom stereocenters. The molecule has 0 aliphatic carbocycles. The Morgan fingerprint density at radius 1 is 1.32 bits per heavy atom. The minimum absolute atomic E-state index is 0.0185. The molecule has 2 N–H and O–H groups in total. The third kappa shape index (κ3) is 4.95. The van der Waals surface area contributed by atoms with E-state index in [1.807, 2.05) is 0 Å². The number of aliphatic hydroxyl groups is 1. The molecular formula is C15H15F4N3O2S. The first kappa shape index (κ1) is 19.3. The molecule has 10 heteroatoms. The van der Waals surface area contributed by atoms with Crippen molar-refractivity contribution >= 4 is 17.7 Å². The van der Waals surface area contributed by atoms with Crippen LogP contribution in [-0.4, -0.2) is 33.5 Å². The van der Waals surface area contributed by atoms with Crippen molar-refractivity contribution in [3.05, 3.63) is 41.5 Å². The van der Waals surface area contributed by atoms with Crippen molar-refractivity contribution < 1.29 is 27.5 Å². The fourth-order valence-corrected chi connectivity index (χ4v) is 3.03. The molecule has 136 valence electrons. The van der Waals surface area contributed by atoms with Gasteiger partial charge in [0, 0.05) is 17.1 Å². The molecule has 1 amide bonds. The predicted octanol–water partition coefficient (Wildman–Crippen LogP) is 2.65. The van der Waals surface area contributed by atoms with E-state index < -0.39 is 12.1 Å². The number of carbonyl (C=O) groups is 1. The van der Waals surface area contributed by atoms with Gasteiger partial charge in [0.2, 0.25) is 0 Å². The van der Waals surface area contributed by atoms with Crippen LogP contribution < -0.4 is 5.32 Å². The summed E-state index contributed by atoms with van der Waals surface area (Å²) in [6.45, 7) is 1.10. The smallest absolute Gasteiger partial charge is 0.390 e. The molecule has 25 heavy (non-hydrogen) atoms. The maximum atomic E-state index is 13.0. The zero-order valence-corrected chi connectivity index (χ0v) is 13.9. The van der Waals surface area contributed by atoms with Crippen molar-refractivity contribution in [3.63, 3.8) is 0 Å². The van der Waals surface area contributed by atoms with Crippen LogP contribution in [0.1, 0.15) is 11.4 Å². The number of amides is 1. The molecule has 0 fully saturated rings. The van der Waals surface area contributed by atoms with Gasteiger partial charge in [-0.3, -0.25) is 9.48 Å². The van der Waals surface area contributed by atoms with Crippen LogP contribution in [0.5, 0.6) is 0 Å². The lowest BCUT2D eigenvalue weighted by molar-refractivity contribution is -0.173. The van der Waals surface area contributed by atoms with E-state index in [1.54, 1.807) is 24.4 Å². The van der Waals surface area contributed by atoms with Crippen LogP contribution in [0.2, 0.25) is 0 Å². The average Bonchev–Trinajstić information content (AvgIpc) is 2.85. The van der Waals surface area contributed by atoms with E-state index >= 15 is 0 Å². The number of carbonyl (C=O) groups excluding carboxylic acids is 1. The van der Waals surface area contributed by atoms with E-state index in [2.05, 4.69) is 5.10 Å². The van der Waals surface area contributed by atoms with Crippen molar-refractivity contribution in [2.24, 2.45) is 0 Å². The Morgan fingerprint density at radius 3 is 2.52 bits per heavy atom. The average molecular weight is 377 g/mol. The summed E-state index contributed by atoms with van der Waals surface area (Å²) in [6.07, 6.45) is -4.93. The van der Waals surface area contributed by atoms with Crippen molar-refractivity contribution in [3.8, 4) is 0 Å². The Balaban J connectivity index is 2.09. The second-order valence-corrected chi connectivity index (χ2v) is 6.14. The maximum Gasteiger partial charge on any atom is 0.471 e. The fraction of sp³-hybridized carbons (Fsp3) is 0.333. The van der Waals surface area contributed by atoms with Gasteiger partial charge < -0.3 is 10.4 Å². The SMILES string of the molecule is Cc1c(Sc2ccc(F)cc2)c(CO)nn1CCNC(=O)C(F)(F)F. The van der Waals surface area contributed by atoms with Gasteiger partial charge in [-0.25, -0.2) is 4.39 Å². The van der Waals surface area contributed by atoms with Crippen molar-refractivity contribution in [1.29, 1.82) is 0 Å². The summed E-state index contributed by atoms with van der Waals surface area (Å²) in [5.41, 5.74) is 0.980. The molecular weight excluding hydrogens is 362 g/mol. The van der Waals surface area contributed by atoms with Crippen molar-refractivity contribution in [2.45, 2.75) is 36.0 Å². The lowest BCUT2D eigenvalue weighted by Crippen LogP contribution is -2.38. The summed E-state index contributed by atoms with van der Waals surface area (Å²) in [4.78, 5) is 12.2. The molecule has 2 aromatic rings. The topological polar surface area (TPSA) is 67.2 Å². The number of nitrogens with one attached hydrogen (secondary N) is 1. The molecule has 1 aromatic heterocycles. The first-order valence-electron chi connectivity index (χ1n) is 7.18. The molecule has 0 saturated carbocycles. The predicted molar refractivity (Wildman–Crippen MR) is 82.5 cm³/mol. The molecule has 0 aliphatic rings. The normalized spacial score (nSPS) is 11.6. The summed E-state index contributed by atoms with van der Waals surface area (Å²) < 4.78 is 50.8. The van der Waals surface area contributed by atoms with Crippen LogP contribution in [0.25, 0.3) is 0 Å². The number of rotatable bonds is 6. The summed E-state index contributed by atoms with van der Waals surface area (Å²) in [5.74, 6) is -2.39. The molecule has 0 bridgehead atoms.